The molecule has 108 valence electrons. The number of allylic oxidation sites excluding steroid dienone is 1. The van der Waals surface area contributed by atoms with Crippen molar-refractivity contribution in [1.29, 1.82) is 0 Å². The van der Waals surface area contributed by atoms with Gasteiger partial charge in [-0.3, -0.25) is 0 Å². The Morgan fingerprint density at radius 1 is 1.35 bits per heavy atom. The van der Waals surface area contributed by atoms with Crippen molar-refractivity contribution < 1.29 is 14.7 Å². The molecule has 0 spiro atoms. The van der Waals surface area contributed by atoms with Crippen LogP contribution in [0.3, 0.4) is 0 Å². The van der Waals surface area contributed by atoms with Gasteiger partial charge in [0.25, 0.3) is 0 Å². The Hall–Kier alpha value is -1.52. The van der Waals surface area contributed by atoms with Crippen LogP contribution in [0.15, 0.2) is 23.8 Å². The minimum absolute atomic E-state index is 0.597. The van der Waals surface area contributed by atoms with E-state index in [1.165, 1.54) is 24.0 Å². The lowest BCUT2D eigenvalue weighted by atomic mass is 9.85. The maximum atomic E-state index is 9.58. The van der Waals surface area contributed by atoms with Gasteiger partial charge in [0.15, 0.2) is 5.75 Å². The monoisotopic (exact) mass is 275 g/mol. The van der Waals surface area contributed by atoms with Crippen molar-refractivity contribution in [3.8, 4) is 11.5 Å². The lowest BCUT2D eigenvalue weighted by Gasteiger charge is -2.29. The van der Waals surface area contributed by atoms with Gasteiger partial charge in [-0.2, -0.15) is 0 Å². The highest BCUT2D eigenvalue weighted by molar-refractivity contribution is 5.79. The smallest absolute Gasteiger partial charge is 0.158 e. The van der Waals surface area contributed by atoms with Crippen LogP contribution in [-0.2, 0) is 0 Å². The van der Waals surface area contributed by atoms with Crippen molar-refractivity contribution in [3.05, 3.63) is 29.3 Å². The number of fused-ring (bicyclic) bond motifs is 2. The van der Waals surface area contributed by atoms with Crippen LogP contribution in [0.5, 0.6) is 11.5 Å². The fourth-order valence-electron chi connectivity index (χ4n) is 2.82. The highest BCUT2D eigenvalue weighted by Crippen LogP contribution is 2.44. The average Bonchev–Trinajstić information content (AvgIpc) is 2.52. The molecule has 2 N–H and O–H groups in total. The number of nitrogens with one attached hydrogen (secondary N) is 1. The van der Waals surface area contributed by atoms with E-state index in [0.717, 1.165) is 29.9 Å². The minimum Gasteiger partial charge on any atom is -0.488 e. The van der Waals surface area contributed by atoms with Crippen molar-refractivity contribution in [1.82, 2.24) is 5.48 Å². The van der Waals surface area contributed by atoms with Crippen molar-refractivity contribution in [3.63, 3.8) is 0 Å². The van der Waals surface area contributed by atoms with Crippen LogP contribution >= 0.6 is 0 Å². The molecule has 0 fully saturated rings. The quantitative estimate of drug-likeness (QED) is 0.655. The lowest BCUT2D eigenvalue weighted by molar-refractivity contribution is 0.0179. The average molecular weight is 275 g/mol. The van der Waals surface area contributed by atoms with E-state index >= 15 is 0 Å². The first-order valence-electron chi connectivity index (χ1n) is 7.37. The van der Waals surface area contributed by atoms with Crippen LogP contribution in [-0.4, -0.2) is 17.9 Å². The molecule has 1 aromatic carbocycles. The number of hydroxylamine groups is 1. The second-order valence-corrected chi connectivity index (χ2v) is 5.35. The molecule has 0 aromatic heterocycles. The maximum Gasteiger partial charge on any atom is 0.158 e. The third-order valence-electron chi connectivity index (χ3n) is 3.97. The van der Waals surface area contributed by atoms with Crippen molar-refractivity contribution >= 4 is 5.57 Å². The number of aliphatic hydroxyl groups is 1. The Morgan fingerprint density at radius 3 is 3.05 bits per heavy atom. The summed E-state index contributed by atoms with van der Waals surface area (Å²) in [6, 6.07) is 5.82. The van der Waals surface area contributed by atoms with E-state index in [1.807, 2.05) is 25.1 Å². The van der Waals surface area contributed by atoms with Crippen LogP contribution in [0.4, 0.5) is 0 Å². The van der Waals surface area contributed by atoms with Gasteiger partial charge in [0.05, 0.1) is 5.56 Å². The van der Waals surface area contributed by atoms with Crippen LogP contribution in [0.1, 0.15) is 44.6 Å². The second-order valence-electron chi connectivity index (χ2n) is 5.35. The van der Waals surface area contributed by atoms with Gasteiger partial charge in [-0.1, -0.05) is 13.0 Å². The van der Waals surface area contributed by atoms with Crippen LogP contribution in [0, 0.1) is 0 Å². The Labute approximate surface area is 119 Å². The molecule has 1 aliphatic carbocycles. The van der Waals surface area contributed by atoms with E-state index in [0.29, 0.717) is 13.0 Å². The molecular formula is C16H21NO3. The maximum absolute atomic E-state index is 9.58. The number of rotatable bonds is 4. The predicted octanol–water partition coefficient (Wildman–Crippen LogP) is 3.02. The summed E-state index contributed by atoms with van der Waals surface area (Å²) in [5.74, 6) is 1.63. The summed E-state index contributed by atoms with van der Waals surface area (Å²) >= 11 is 0. The van der Waals surface area contributed by atoms with Gasteiger partial charge in [0.2, 0.25) is 0 Å². The normalized spacial score (nSPS) is 18.9. The van der Waals surface area contributed by atoms with Gasteiger partial charge in [-0.05, 0) is 55.4 Å². The number of aliphatic hydroxyl groups excluding tert-OH is 1. The van der Waals surface area contributed by atoms with E-state index in [-0.39, 0.29) is 0 Å². The highest BCUT2D eigenvalue weighted by Gasteiger charge is 2.25. The number of hydrogen-bond donors (Lipinski definition) is 2. The molecule has 3 rings (SSSR count). The molecule has 20 heavy (non-hydrogen) atoms. The van der Waals surface area contributed by atoms with Crippen molar-refractivity contribution in [2.45, 2.75) is 45.3 Å². The van der Waals surface area contributed by atoms with Crippen molar-refractivity contribution in [2.75, 3.05) is 6.61 Å². The summed E-state index contributed by atoms with van der Waals surface area (Å²) in [7, 11) is 0. The van der Waals surface area contributed by atoms with Gasteiger partial charge in [0, 0.05) is 0 Å². The molecule has 1 heterocycles. The van der Waals surface area contributed by atoms with Crippen LogP contribution in [0.25, 0.3) is 5.57 Å². The van der Waals surface area contributed by atoms with E-state index in [1.54, 1.807) is 0 Å². The molecule has 1 unspecified atom stereocenters. The largest absolute Gasteiger partial charge is 0.488 e. The molecule has 1 atom stereocenters. The van der Waals surface area contributed by atoms with Gasteiger partial charge in [-0.15, -0.1) is 5.48 Å². The van der Waals surface area contributed by atoms with Crippen LogP contribution in [0.2, 0.25) is 0 Å². The van der Waals surface area contributed by atoms with Gasteiger partial charge in [0.1, 0.15) is 18.6 Å². The van der Waals surface area contributed by atoms with Gasteiger partial charge in [-0.25, -0.2) is 0 Å². The first kappa shape index (κ1) is 13.5. The molecule has 1 aliphatic heterocycles. The zero-order chi connectivity index (χ0) is 13.9. The van der Waals surface area contributed by atoms with Crippen molar-refractivity contribution in [2.24, 2.45) is 0 Å². The summed E-state index contributed by atoms with van der Waals surface area (Å²) in [6.45, 7) is 2.60. The Bertz CT molecular complexity index is 524. The first-order chi connectivity index (χ1) is 9.79. The summed E-state index contributed by atoms with van der Waals surface area (Å²) < 4.78 is 5.84. The minimum atomic E-state index is -0.657. The Kier molecular flexibility index (Phi) is 3.94. The molecule has 0 saturated heterocycles. The highest BCUT2D eigenvalue weighted by atomic mass is 16.7. The van der Waals surface area contributed by atoms with E-state index in [9.17, 15) is 5.11 Å². The fraction of sp³-hybridized carbons (Fsp3) is 0.500. The Morgan fingerprint density at radius 2 is 2.20 bits per heavy atom. The molecule has 0 bridgehead atoms. The summed E-state index contributed by atoms with van der Waals surface area (Å²) in [6.07, 6.45) is 4.61. The standard InChI is InChI=1S/C16H21NO3/c1-2-15(18)17-20-14-9-5-8-13-16(14)12-7-4-3-6-11(12)10-19-13/h5,8-9,15,17-18H,2-4,6-7,10H2,1H3. The zero-order valence-corrected chi connectivity index (χ0v) is 11.8. The first-order valence-corrected chi connectivity index (χ1v) is 7.37. The Balaban J connectivity index is 1.92. The predicted molar refractivity (Wildman–Crippen MR) is 77.4 cm³/mol. The van der Waals surface area contributed by atoms with E-state index in [4.69, 9.17) is 9.57 Å². The summed E-state index contributed by atoms with van der Waals surface area (Å²) in [5.41, 5.74) is 6.51. The third-order valence-corrected chi connectivity index (χ3v) is 3.97. The lowest BCUT2D eigenvalue weighted by Crippen LogP contribution is -2.31. The number of hydrogen-bond acceptors (Lipinski definition) is 4. The molecule has 0 saturated carbocycles. The molecule has 1 aromatic rings. The topological polar surface area (TPSA) is 50.7 Å². The molecule has 2 aliphatic rings. The molecule has 4 nitrogen and oxygen atoms in total. The SMILES string of the molecule is CCC(O)NOc1cccc2c1C1=C(CCCC1)CO2. The molecule has 0 radical (unpaired) electrons. The molecular weight excluding hydrogens is 254 g/mol. The number of ether oxygens (including phenoxy) is 1. The summed E-state index contributed by atoms with van der Waals surface area (Å²) in [5, 5.41) is 9.58. The fourth-order valence-corrected chi connectivity index (χ4v) is 2.82. The van der Waals surface area contributed by atoms with Gasteiger partial charge < -0.3 is 14.7 Å². The van der Waals surface area contributed by atoms with E-state index < -0.39 is 6.23 Å². The molecule has 0 amide bonds. The molecule has 4 heteroatoms. The summed E-state index contributed by atoms with van der Waals surface area (Å²) in [4.78, 5) is 5.59. The van der Waals surface area contributed by atoms with E-state index in [2.05, 4.69) is 5.48 Å². The van der Waals surface area contributed by atoms with Crippen LogP contribution < -0.4 is 15.1 Å². The third kappa shape index (κ3) is 2.53. The second kappa shape index (κ2) is 5.85. The van der Waals surface area contributed by atoms with Gasteiger partial charge >= 0.3 is 0 Å². The zero-order valence-electron chi connectivity index (χ0n) is 11.8. The number of benzene rings is 1.